The molecule has 0 saturated heterocycles. The van der Waals surface area contributed by atoms with Crippen molar-refractivity contribution < 1.29 is 9.53 Å². The first-order valence-corrected chi connectivity index (χ1v) is 4.39. The fourth-order valence-electron chi connectivity index (χ4n) is 0.817. The van der Waals surface area contributed by atoms with Gasteiger partial charge >= 0.3 is 5.97 Å². The zero-order valence-corrected chi connectivity index (χ0v) is 8.67. The number of esters is 1. The standard InChI is InChI=1S/C8H9BrN2O2/c1-13-8(12)3-5-2-7(10)6(9)4-11-5/h2,4H,3H2,1H3,(H2,10,11). The normalized spacial score (nSPS) is 9.69. The number of hydrogen-bond acceptors (Lipinski definition) is 4. The summed E-state index contributed by atoms with van der Waals surface area (Å²) in [5, 5.41) is 0. The van der Waals surface area contributed by atoms with Gasteiger partial charge in [-0.1, -0.05) is 0 Å². The van der Waals surface area contributed by atoms with Crippen molar-refractivity contribution in [1.29, 1.82) is 0 Å². The molecule has 0 amide bonds. The number of pyridine rings is 1. The Bertz CT molecular complexity index is 328. The molecule has 0 aliphatic rings. The van der Waals surface area contributed by atoms with Gasteiger partial charge in [0.2, 0.25) is 0 Å². The van der Waals surface area contributed by atoms with E-state index in [1.54, 1.807) is 12.3 Å². The minimum Gasteiger partial charge on any atom is -0.469 e. The minimum absolute atomic E-state index is 0.147. The molecule has 0 bridgehead atoms. The lowest BCUT2D eigenvalue weighted by molar-refractivity contribution is -0.139. The Morgan fingerprint density at radius 1 is 1.77 bits per heavy atom. The molecule has 0 fully saturated rings. The third kappa shape index (κ3) is 2.69. The van der Waals surface area contributed by atoms with E-state index in [4.69, 9.17) is 5.73 Å². The number of halogens is 1. The molecular formula is C8H9BrN2O2. The van der Waals surface area contributed by atoms with E-state index in [1.807, 2.05) is 0 Å². The molecule has 13 heavy (non-hydrogen) atoms. The molecular weight excluding hydrogens is 236 g/mol. The van der Waals surface area contributed by atoms with Crippen LogP contribution in [0.3, 0.4) is 0 Å². The Kier molecular flexibility index (Phi) is 3.25. The number of ether oxygens (including phenoxy) is 1. The second-order valence-corrected chi connectivity index (χ2v) is 3.30. The van der Waals surface area contributed by atoms with E-state index in [2.05, 4.69) is 25.7 Å². The van der Waals surface area contributed by atoms with Gasteiger partial charge < -0.3 is 10.5 Å². The summed E-state index contributed by atoms with van der Waals surface area (Å²) < 4.78 is 5.22. The molecule has 2 N–H and O–H groups in total. The van der Waals surface area contributed by atoms with Crippen LogP contribution in [0.15, 0.2) is 16.7 Å². The van der Waals surface area contributed by atoms with Crippen LogP contribution in [0, 0.1) is 0 Å². The maximum atomic E-state index is 10.9. The second kappa shape index (κ2) is 4.23. The average molecular weight is 245 g/mol. The van der Waals surface area contributed by atoms with Crippen LogP contribution < -0.4 is 5.73 Å². The van der Waals surface area contributed by atoms with Gasteiger partial charge in [-0.05, 0) is 22.0 Å². The van der Waals surface area contributed by atoms with Crippen molar-refractivity contribution in [1.82, 2.24) is 4.98 Å². The average Bonchev–Trinajstić information content (AvgIpc) is 2.11. The number of anilines is 1. The lowest BCUT2D eigenvalue weighted by Crippen LogP contribution is -2.06. The highest BCUT2D eigenvalue weighted by Crippen LogP contribution is 2.18. The van der Waals surface area contributed by atoms with Gasteiger partial charge in [0.1, 0.15) is 0 Å². The molecule has 1 aromatic rings. The molecule has 5 heteroatoms. The highest BCUT2D eigenvalue weighted by Gasteiger charge is 2.05. The third-order valence-electron chi connectivity index (χ3n) is 1.49. The van der Waals surface area contributed by atoms with E-state index in [1.165, 1.54) is 7.11 Å². The van der Waals surface area contributed by atoms with Crippen LogP contribution >= 0.6 is 15.9 Å². The van der Waals surface area contributed by atoms with Crippen molar-refractivity contribution in [2.75, 3.05) is 12.8 Å². The Labute approximate surface area is 84.2 Å². The van der Waals surface area contributed by atoms with Gasteiger partial charge in [0.05, 0.1) is 23.7 Å². The number of aromatic nitrogens is 1. The third-order valence-corrected chi connectivity index (χ3v) is 2.16. The molecule has 1 aromatic heterocycles. The lowest BCUT2D eigenvalue weighted by atomic mass is 10.2. The van der Waals surface area contributed by atoms with Gasteiger partial charge in [0.25, 0.3) is 0 Å². The van der Waals surface area contributed by atoms with Crippen molar-refractivity contribution in [3.05, 3.63) is 22.4 Å². The van der Waals surface area contributed by atoms with Gasteiger partial charge in [-0.25, -0.2) is 0 Å². The molecule has 0 atom stereocenters. The molecule has 0 unspecified atom stereocenters. The summed E-state index contributed by atoms with van der Waals surface area (Å²) in [4.78, 5) is 14.9. The molecule has 4 nitrogen and oxygen atoms in total. The van der Waals surface area contributed by atoms with Crippen molar-refractivity contribution in [3.8, 4) is 0 Å². The zero-order chi connectivity index (χ0) is 9.84. The van der Waals surface area contributed by atoms with E-state index in [0.29, 0.717) is 11.4 Å². The number of carbonyl (C=O) groups excluding carboxylic acids is 1. The van der Waals surface area contributed by atoms with Gasteiger partial charge in [-0.2, -0.15) is 0 Å². The number of nitrogens with two attached hydrogens (primary N) is 1. The molecule has 1 heterocycles. The molecule has 0 aromatic carbocycles. The lowest BCUT2D eigenvalue weighted by Gasteiger charge is -2.01. The van der Waals surface area contributed by atoms with Crippen LogP contribution in [0.4, 0.5) is 5.69 Å². The molecule has 0 spiro atoms. The topological polar surface area (TPSA) is 65.2 Å². The monoisotopic (exact) mass is 244 g/mol. The highest BCUT2D eigenvalue weighted by atomic mass is 79.9. The van der Waals surface area contributed by atoms with Crippen LogP contribution in [0.25, 0.3) is 0 Å². The first-order valence-electron chi connectivity index (χ1n) is 3.60. The Balaban J connectivity index is 2.79. The Morgan fingerprint density at radius 3 is 3.00 bits per heavy atom. The molecule has 0 aliphatic carbocycles. The summed E-state index contributed by atoms with van der Waals surface area (Å²) in [5.41, 5.74) is 6.77. The Hall–Kier alpha value is -1.10. The molecule has 0 aliphatic heterocycles. The van der Waals surface area contributed by atoms with Crippen LogP contribution in [0.1, 0.15) is 5.69 Å². The van der Waals surface area contributed by atoms with Gasteiger partial charge in [-0.3, -0.25) is 9.78 Å². The van der Waals surface area contributed by atoms with Crippen molar-refractivity contribution >= 4 is 27.6 Å². The minimum atomic E-state index is -0.325. The van der Waals surface area contributed by atoms with Crippen molar-refractivity contribution in [3.63, 3.8) is 0 Å². The van der Waals surface area contributed by atoms with Gasteiger partial charge in [0, 0.05) is 11.9 Å². The largest absolute Gasteiger partial charge is 0.469 e. The highest BCUT2D eigenvalue weighted by molar-refractivity contribution is 9.10. The molecule has 1 rings (SSSR count). The first-order chi connectivity index (χ1) is 6.13. The summed E-state index contributed by atoms with van der Waals surface area (Å²) in [7, 11) is 1.34. The summed E-state index contributed by atoms with van der Waals surface area (Å²) in [6, 6.07) is 1.64. The first kappa shape index (κ1) is 9.98. The van der Waals surface area contributed by atoms with Crippen LogP contribution in [0.2, 0.25) is 0 Å². The van der Waals surface area contributed by atoms with E-state index in [9.17, 15) is 4.79 Å². The summed E-state index contributed by atoms with van der Waals surface area (Å²) in [5.74, 6) is -0.325. The number of carbonyl (C=O) groups is 1. The number of nitrogen functional groups attached to an aromatic ring is 1. The van der Waals surface area contributed by atoms with Crippen LogP contribution in [-0.2, 0) is 16.0 Å². The summed E-state index contributed by atoms with van der Waals surface area (Å²) >= 11 is 3.21. The number of rotatable bonds is 2. The smallest absolute Gasteiger partial charge is 0.311 e. The van der Waals surface area contributed by atoms with E-state index in [-0.39, 0.29) is 12.4 Å². The fourth-order valence-corrected chi connectivity index (χ4v) is 1.03. The fraction of sp³-hybridized carbons (Fsp3) is 0.250. The predicted molar refractivity (Wildman–Crippen MR) is 52.1 cm³/mol. The SMILES string of the molecule is COC(=O)Cc1cc(N)c(Br)cn1. The van der Waals surface area contributed by atoms with Crippen molar-refractivity contribution in [2.24, 2.45) is 0 Å². The zero-order valence-electron chi connectivity index (χ0n) is 7.08. The van der Waals surface area contributed by atoms with Crippen molar-refractivity contribution in [2.45, 2.75) is 6.42 Å². The number of nitrogens with zero attached hydrogens (tertiary/aromatic N) is 1. The number of hydrogen-bond donors (Lipinski definition) is 1. The van der Waals surface area contributed by atoms with E-state index in [0.717, 1.165) is 4.47 Å². The summed E-state index contributed by atoms with van der Waals surface area (Å²) in [6.07, 6.45) is 1.71. The maximum Gasteiger partial charge on any atom is 0.311 e. The second-order valence-electron chi connectivity index (χ2n) is 2.45. The van der Waals surface area contributed by atoms with Crippen LogP contribution in [0.5, 0.6) is 0 Å². The van der Waals surface area contributed by atoms with Crippen LogP contribution in [-0.4, -0.2) is 18.1 Å². The Morgan fingerprint density at radius 2 is 2.46 bits per heavy atom. The van der Waals surface area contributed by atoms with E-state index >= 15 is 0 Å². The summed E-state index contributed by atoms with van der Waals surface area (Å²) in [6.45, 7) is 0. The maximum absolute atomic E-state index is 10.9. The number of methoxy groups -OCH3 is 1. The molecule has 0 radical (unpaired) electrons. The predicted octanol–water partition coefficient (Wildman–Crippen LogP) is 1.14. The molecule has 70 valence electrons. The molecule has 0 saturated carbocycles. The quantitative estimate of drug-likeness (QED) is 0.793. The van der Waals surface area contributed by atoms with Gasteiger partial charge in [0.15, 0.2) is 0 Å². The van der Waals surface area contributed by atoms with E-state index < -0.39 is 0 Å². The van der Waals surface area contributed by atoms with Gasteiger partial charge in [-0.15, -0.1) is 0 Å².